The zero-order valence-corrected chi connectivity index (χ0v) is 6.84. The first-order valence-corrected chi connectivity index (χ1v) is 3.60. The van der Waals surface area contributed by atoms with Crippen LogP contribution >= 0.6 is 0 Å². The maximum Gasteiger partial charge on any atom is 0.144 e. The second kappa shape index (κ2) is 4.28. The summed E-state index contributed by atoms with van der Waals surface area (Å²) in [5.41, 5.74) is 0. The van der Waals surface area contributed by atoms with Crippen molar-refractivity contribution in [1.82, 2.24) is 4.98 Å². The van der Waals surface area contributed by atoms with Crippen molar-refractivity contribution >= 4 is 12.1 Å². The highest BCUT2D eigenvalue weighted by atomic mass is 16.1. The molecule has 0 spiro atoms. The first kappa shape index (κ1) is 8.46. The number of pyridine rings is 1. The monoisotopic (exact) mass is 162 g/mol. The van der Waals surface area contributed by atoms with E-state index in [2.05, 4.69) is 4.98 Å². The quantitative estimate of drug-likeness (QED) is 0.495. The van der Waals surface area contributed by atoms with Crippen molar-refractivity contribution in [2.45, 2.75) is 0 Å². The van der Waals surface area contributed by atoms with Crippen molar-refractivity contribution in [3.63, 3.8) is 0 Å². The Morgan fingerprint density at radius 2 is 2.33 bits per heavy atom. The van der Waals surface area contributed by atoms with Gasteiger partial charge in [0.2, 0.25) is 0 Å². The molecule has 62 valence electrons. The Balaban J connectivity index is 2.71. The van der Waals surface area contributed by atoms with Gasteiger partial charge in [-0.1, -0.05) is 6.07 Å². The summed E-state index contributed by atoms with van der Waals surface area (Å²) < 4.78 is 0. The van der Waals surface area contributed by atoms with Gasteiger partial charge in [-0.3, -0.25) is 4.79 Å². The maximum atomic E-state index is 10.0. The summed E-state index contributed by atoms with van der Waals surface area (Å²) >= 11 is 0. The number of hydrogen-bond donors (Lipinski definition) is 0. The summed E-state index contributed by atoms with van der Waals surface area (Å²) in [5, 5.41) is 0. The summed E-state index contributed by atoms with van der Waals surface area (Å²) in [7, 11) is 1.84. The summed E-state index contributed by atoms with van der Waals surface area (Å²) in [4.78, 5) is 15.9. The molecule has 1 aromatic rings. The molecule has 0 saturated heterocycles. The van der Waals surface area contributed by atoms with Gasteiger partial charge in [-0.15, -0.1) is 0 Å². The second-order valence-corrected chi connectivity index (χ2v) is 2.28. The molecule has 0 bridgehead atoms. The van der Waals surface area contributed by atoms with E-state index in [0.29, 0.717) is 0 Å². The number of hydrogen-bond acceptors (Lipinski definition) is 3. The zero-order valence-electron chi connectivity index (χ0n) is 6.84. The molecule has 1 rings (SSSR count). The molecular formula is C9H10N2O. The minimum Gasteiger partial charge on any atom is -0.336 e. The van der Waals surface area contributed by atoms with E-state index in [-0.39, 0.29) is 0 Å². The topological polar surface area (TPSA) is 33.2 Å². The molecule has 0 aliphatic rings. The van der Waals surface area contributed by atoms with Crippen LogP contribution in [0.4, 0.5) is 5.82 Å². The highest BCUT2D eigenvalue weighted by Crippen LogP contribution is 2.05. The number of aromatic nitrogens is 1. The van der Waals surface area contributed by atoms with E-state index >= 15 is 0 Å². The van der Waals surface area contributed by atoms with Crippen LogP contribution in [0.25, 0.3) is 0 Å². The van der Waals surface area contributed by atoms with E-state index in [9.17, 15) is 4.79 Å². The molecule has 0 aliphatic carbocycles. The van der Waals surface area contributed by atoms with Gasteiger partial charge in [-0.25, -0.2) is 4.98 Å². The molecule has 1 heterocycles. The molecule has 3 heteroatoms. The van der Waals surface area contributed by atoms with Crippen molar-refractivity contribution in [1.29, 1.82) is 0 Å². The van der Waals surface area contributed by atoms with E-state index in [1.165, 1.54) is 6.08 Å². The van der Waals surface area contributed by atoms with Gasteiger partial charge in [0.05, 0.1) is 0 Å². The van der Waals surface area contributed by atoms with Gasteiger partial charge in [0.1, 0.15) is 12.1 Å². The molecule has 0 atom stereocenters. The largest absolute Gasteiger partial charge is 0.336 e. The van der Waals surface area contributed by atoms with Crippen molar-refractivity contribution in [3.8, 4) is 0 Å². The minimum absolute atomic E-state index is 0.736. The van der Waals surface area contributed by atoms with Crippen molar-refractivity contribution < 1.29 is 4.79 Å². The Bertz CT molecular complexity index is 269. The molecule has 0 amide bonds. The van der Waals surface area contributed by atoms with Gasteiger partial charge >= 0.3 is 0 Å². The lowest BCUT2D eigenvalue weighted by atomic mass is 10.4. The Morgan fingerprint density at radius 1 is 1.50 bits per heavy atom. The van der Waals surface area contributed by atoms with Crippen LogP contribution in [0, 0.1) is 0 Å². The summed E-state index contributed by atoms with van der Waals surface area (Å²) in [6.07, 6.45) is 5.53. The van der Waals surface area contributed by atoms with Gasteiger partial charge in [0.25, 0.3) is 0 Å². The Morgan fingerprint density at radius 3 is 2.92 bits per heavy atom. The number of carbonyl (C=O) groups is 1. The van der Waals surface area contributed by atoms with E-state index in [1.54, 1.807) is 17.3 Å². The number of allylic oxidation sites excluding steroid dienone is 1. The third-order valence-corrected chi connectivity index (χ3v) is 1.40. The molecule has 12 heavy (non-hydrogen) atoms. The molecule has 0 radical (unpaired) electrons. The lowest BCUT2D eigenvalue weighted by molar-refractivity contribution is -0.104. The van der Waals surface area contributed by atoms with Gasteiger partial charge in [-0.2, -0.15) is 0 Å². The van der Waals surface area contributed by atoms with E-state index in [1.807, 2.05) is 25.2 Å². The minimum atomic E-state index is 0.736. The molecule has 0 unspecified atom stereocenters. The number of carbonyl (C=O) groups excluding carboxylic acids is 1. The number of aldehydes is 1. The van der Waals surface area contributed by atoms with Crippen LogP contribution in [0.3, 0.4) is 0 Å². The smallest absolute Gasteiger partial charge is 0.144 e. The highest BCUT2D eigenvalue weighted by Gasteiger charge is 1.93. The fourth-order valence-electron chi connectivity index (χ4n) is 0.803. The molecule has 0 N–H and O–H groups in total. The first-order chi connectivity index (χ1) is 5.84. The maximum absolute atomic E-state index is 10.0. The van der Waals surface area contributed by atoms with Crippen LogP contribution in [-0.4, -0.2) is 18.3 Å². The molecule has 3 nitrogen and oxygen atoms in total. The summed E-state index contributed by atoms with van der Waals surface area (Å²) in [6.45, 7) is 0. The average Bonchev–Trinajstić information content (AvgIpc) is 2.15. The molecule has 0 aliphatic heterocycles. The third-order valence-electron chi connectivity index (χ3n) is 1.40. The fraction of sp³-hybridized carbons (Fsp3) is 0.111. The summed E-state index contributed by atoms with van der Waals surface area (Å²) in [6, 6.07) is 5.61. The van der Waals surface area contributed by atoms with Crippen LogP contribution in [0.5, 0.6) is 0 Å². The Hall–Kier alpha value is -1.64. The van der Waals surface area contributed by atoms with Crippen LogP contribution in [0.1, 0.15) is 0 Å². The van der Waals surface area contributed by atoms with Gasteiger partial charge in [-0.05, 0) is 18.2 Å². The lowest BCUT2D eigenvalue weighted by Gasteiger charge is -2.10. The number of rotatable bonds is 3. The molecule has 0 aromatic carbocycles. The van der Waals surface area contributed by atoms with Crippen LogP contribution < -0.4 is 4.90 Å². The number of nitrogens with zero attached hydrogens (tertiary/aromatic N) is 2. The van der Waals surface area contributed by atoms with Gasteiger partial charge in [0.15, 0.2) is 0 Å². The number of anilines is 1. The fourth-order valence-corrected chi connectivity index (χ4v) is 0.803. The third kappa shape index (κ3) is 2.20. The molecule has 1 aromatic heterocycles. The van der Waals surface area contributed by atoms with E-state index < -0.39 is 0 Å². The Labute approximate surface area is 71.3 Å². The molecule has 0 fully saturated rings. The zero-order chi connectivity index (χ0) is 8.81. The van der Waals surface area contributed by atoms with Crippen LogP contribution in [-0.2, 0) is 4.79 Å². The summed E-state index contributed by atoms with van der Waals surface area (Å²) in [5.74, 6) is 0.815. The second-order valence-electron chi connectivity index (χ2n) is 2.28. The average molecular weight is 162 g/mol. The Kier molecular flexibility index (Phi) is 3.02. The predicted molar refractivity (Wildman–Crippen MR) is 47.8 cm³/mol. The standard InChI is InChI=1S/C9H10N2O/c1-11(7-4-8-12)9-5-2-3-6-10-9/h2-8H,1H3/b7-4+. The normalized spacial score (nSPS) is 10.1. The van der Waals surface area contributed by atoms with Crippen molar-refractivity contribution in [2.75, 3.05) is 11.9 Å². The molecule has 0 saturated carbocycles. The van der Waals surface area contributed by atoms with Crippen LogP contribution in [0.15, 0.2) is 36.7 Å². The van der Waals surface area contributed by atoms with E-state index in [4.69, 9.17) is 0 Å². The van der Waals surface area contributed by atoms with E-state index in [0.717, 1.165) is 12.1 Å². The SMILES string of the molecule is CN(/C=C/C=O)c1ccccn1. The predicted octanol–water partition coefficient (Wildman–Crippen LogP) is 1.23. The first-order valence-electron chi connectivity index (χ1n) is 3.60. The van der Waals surface area contributed by atoms with Crippen molar-refractivity contribution in [2.24, 2.45) is 0 Å². The lowest BCUT2D eigenvalue weighted by Crippen LogP contribution is -2.08. The van der Waals surface area contributed by atoms with Gasteiger partial charge < -0.3 is 4.90 Å². The van der Waals surface area contributed by atoms with Crippen LogP contribution in [0.2, 0.25) is 0 Å². The van der Waals surface area contributed by atoms with Gasteiger partial charge in [0, 0.05) is 19.4 Å². The molecular weight excluding hydrogens is 152 g/mol. The van der Waals surface area contributed by atoms with Crippen molar-refractivity contribution in [3.05, 3.63) is 36.7 Å². The highest BCUT2D eigenvalue weighted by molar-refractivity contribution is 5.65.